The summed E-state index contributed by atoms with van der Waals surface area (Å²) < 4.78 is 31.3. The van der Waals surface area contributed by atoms with Gasteiger partial charge in [-0.25, -0.2) is 13.1 Å². The molecule has 3 N–H and O–H groups in total. The Bertz CT molecular complexity index is 655. The normalized spacial score (nSPS) is 15.2. The van der Waals surface area contributed by atoms with E-state index in [1.165, 1.54) is 19.9 Å². The molecular weight excluding hydrogens is 340 g/mol. The first kappa shape index (κ1) is 19.7. The second-order valence-corrected chi connectivity index (χ2v) is 7.96. The zero-order valence-corrected chi connectivity index (χ0v) is 15.7. The molecule has 0 unspecified atom stereocenters. The van der Waals surface area contributed by atoms with Gasteiger partial charge in [0.25, 0.3) is 0 Å². The third kappa shape index (κ3) is 7.01. The second kappa shape index (κ2) is 9.74. The predicted molar refractivity (Wildman–Crippen MR) is 99.0 cm³/mol. The smallest absolute Gasteiger partial charge is 0.240 e. The van der Waals surface area contributed by atoms with Gasteiger partial charge >= 0.3 is 0 Å². The number of sulfonamides is 1. The average molecular weight is 369 g/mol. The van der Waals surface area contributed by atoms with Crippen LogP contribution in [0.15, 0.2) is 34.2 Å². The van der Waals surface area contributed by atoms with Crippen molar-refractivity contribution in [2.24, 2.45) is 10.9 Å². The fourth-order valence-electron chi connectivity index (χ4n) is 2.23. The lowest BCUT2D eigenvalue weighted by Gasteiger charge is -2.12. The summed E-state index contributed by atoms with van der Waals surface area (Å²) in [7, 11) is -0.267. The van der Waals surface area contributed by atoms with Crippen LogP contribution in [0.3, 0.4) is 0 Å². The summed E-state index contributed by atoms with van der Waals surface area (Å²) in [4.78, 5) is 4.43. The monoisotopic (exact) mass is 368 g/mol. The van der Waals surface area contributed by atoms with Crippen molar-refractivity contribution in [3.8, 4) is 0 Å². The molecule has 140 valence electrons. The Morgan fingerprint density at radius 1 is 1.24 bits per heavy atom. The molecule has 1 aliphatic rings. The fourth-order valence-corrected chi connectivity index (χ4v) is 2.96. The van der Waals surface area contributed by atoms with Crippen molar-refractivity contribution < 1.29 is 13.2 Å². The summed E-state index contributed by atoms with van der Waals surface area (Å²) in [6.45, 7) is 3.02. The van der Waals surface area contributed by atoms with Crippen molar-refractivity contribution in [2.45, 2.75) is 30.7 Å². The molecule has 7 nitrogen and oxygen atoms in total. The Labute approximate surface area is 150 Å². The SMILES string of the molecule is CN=C(NCCCOCC1CC1)NCc1ccc(S(=O)(=O)NC)cc1. The molecule has 0 spiro atoms. The van der Waals surface area contributed by atoms with E-state index in [2.05, 4.69) is 20.3 Å². The highest BCUT2D eigenvalue weighted by atomic mass is 32.2. The van der Waals surface area contributed by atoms with Crippen molar-refractivity contribution in [3.63, 3.8) is 0 Å². The van der Waals surface area contributed by atoms with Gasteiger partial charge in [-0.3, -0.25) is 4.99 Å². The van der Waals surface area contributed by atoms with Crippen LogP contribution in [0, 0.1) is 5.92 Å². The van der Waals surface area contributed by atoms with Crippen LogP contribution in [0.5, 0.6) is 0 Å². The van der Waals surface area contributed by atoms with E-state index in [0.717, 1.165) is 37.7 Å². The quantitative estimate of drug-likeness (QED) is 0.326. The molecule has 0 atom stereocenters. The third-order valence-electron chi connectivity index (χ3n) is 3.99. The number of nitrogens with one attached hydrogen (secondary N) is 3. The van der Waals surface area contributed by atoms with Gasteiger partial charge in [-0.05, 0) is 49.9 Å². The van der Waals surface area contributed by atoms with E-state index in [-0.39, 0.29) is 4.90 Å². The number of benzene rings is 1. The molecule has 1 saturated carbocycles. The maximum absolute atomic E-state index is 11.7. The third-order valence-corrected chi connectivity index (χ3v) is 5.42. The van der Waals surface area contributed by atoms with Gasteiger partial charge in [0.15, 0.2) is 5.96 Å². The molecule has 0 bridgehead atoms. The highest BCUT2D eigenvalue weighted by molar-refractivity contribution is 7.89. The lowest BCUT2D eigenvalue weighted by molar-refractivity contribution is 0.123. The van der Waals surface area contributed by atoms with E-state index in [0.29, 0.717) is 12.5 Å². The van der Waals surface area contributed by atoms with Gasteiger partial charge in [0.1, 0.15) is 0 Å². The van der Waals surface area contributed by atoms with Crippen LogP contribution in [0.2, 0.25) is 0 Å². The minimum absolute atomic E-state index is 0.257. The van der Waals surface area contributed by atoms with Crippen LogP contribution in [-0.2, 0) is 21.3 Å². The molecule has 0 saturated heterocycles. The largest absolute Gasteiger partial charge is 0.381 e. The zero-order chi connectivity index (χ0) is 18.1. The van der Waals surface area contributed by atoms with E-state index < -0.39 is 10.0 Å². The van der Waals surface area contributed by atoms with Crippen LogP contribution < -0.4 is 15.4 Å². The fraction of sp³-hybridized carbons (Fsp3) is 0.588. The molecule has 1 aromatic rings. The van der Waals surface area contributed by atoms with Crippen LogP contribution in [0.1, 0.15) is 24.8 Å². The lowest BCUT2D eigenvalue weighted by atomic mass is 10.2. The summed E-state index contributed by atoms with van der Waals surface area (Å²) in [6.07, 6.45) is 3.57. The number of aliphatic imine (C=N–C) groups is 1. The number of nitrogens with zero attached hydrogens (tertiary/aromatic N) is 1. The molecule has 0 aromatic heterocycles. The lowest BCUT2D eigenvalue weighted by Crippen LogP contribution is -2.37. The molecule has 0 amide bonds. The Balaban J connectivity index is 1.67. The van der Waals surface area contributed by atoms with Crippen molar-refractivity contribution in [1.82, 2.24) is 15.4 Å². The van der Waals surface area contributed by atoms with Crippen LogP contribution in [0.25, 0.3) is 0 Å². The van der Waals surface area contributed by atoms with E-state index in [1.54, 1.807) is 31.3 Å². The molecule has 8 heteroatoms. The van der Waals surface area contributed by atoms with Crippen molar-refractivity contribution >= 4 is 16.0 Å². The van der Waals surface area contributed by atoms with Gasteiger partial charge in [-0.15, -0.1) is 0 Å². The molecule has 25 heavy (non-hydrogen) atoms. The average Bonchev–Trinajstić information content (AvgIpc) is 3.45. The van der Waals surface area contributed by atoms with Crippen LogP contribution >= 0.6 is 0 Å². The Hall–Kier alpha value is -1.64. The number of hydrogen-bond donors (Lipinski definition) is 3. The molecule has 0 radical (unpaired) electrons. The number of hydrogen-bond acceptors (Lipinski definition) is 4. The molecule has 0 heterocycles. The molecule has 0 aliphatic heterocycles. The number of ether oxygens (including phenoxy) is 1. The van der Waals surface area contributed by atoms with Gasteiger partial charge < -0.3 is 15.4 Å². The minimum Gasteiger partial charge on any atom is -0.381 e. The molecule has 1 fully saturated rings. The van der Waals surface area contributed by atoms with E-state index >= 15 is 0 Å². The highest BCUT2D eigenvalue weighted by Gasteiger charge is 2.20. The van der Waals surface area contributed by atoms with Gasteiger partial charge in [-0.1, -0.05) is 12.1 Å². The Kier molecular flexibility index (Phi) is 7.67. The van der Waals surface area contributed by atoms with E-state index in [9.17, 15) is 8.42 Å². The van der Waals surface area contributed by atoms with E-state index in [1.807, 2.05) is 0 Å². The van der Waals surface area contributed by atoms with Gasteiger partial charge in [0.05, 0.1) is 4.90 Å². The Morgan fingerprint density at radius 2 is 1.96 bits per heavy atom. The molecule has 1 aromatic carbocycles. The maximum atomic E-state index is 11.7. The Morgan fingerprint density at radius 3 is 2.56 bits per heavy atom. The summed E-state index contributed by atoms with van der Waals surface area (Å²) in [6, 6.07) is 6.76. The first-order chi connectivity index (χ1) is 12.0. The van der Waals surface area contributed by atoms with Crippen molar-refractivity contribution in [3.05, 3.63) is 29.8 Å². The summed E-state index contributed by atoms with van der Waals surface area (Å²) in [5, 5.41) is 6.45. The summed E-state index contributed by atoms with van der Waals surface area (Å²) in [5.41, 5.74) is 0.978. The predicted octanol–water partition coefficient (Wildman–Crippen LogP) is 1.08. The zero-order valence-electron chi connectivity index (χ0n) is 14.9. The summed E-state index contributed by atoms with van der Waals surface area (Å²) in [5.74, 6) is 1.52. The highest BCUT2D eigenvalue weighted by Crippen LogP contribution is 2.28. The molecule has 2 rings (SSSR count). The topological polar surface area (TPSA) is 91.8 Å². The molecule has 1 aliphatic carbocycles. The number of guanidine groups is 1. The summed E-state index contributed by atoms with van der Waals surface area (Å²) >= 11 is 0. The second-order valence-electron chi connectivity index (χ2n) is 6.08. The van der Waals surface area contributed by atoms with Crippen molar-refractivity contribution in [1.29, 1.82) is 0 Å². The van der Waals surface area contributed by atoms with E-state index in [4.69, 9.17) is 4.74 Å². The maximum Gasteiger partial charge on any atom is 0.240 e. The van der Waals surface area contributed by atoms with Gasteiger partial charge in [0, 0.05) is 33.4 Å². The standard InChI is InChI=1S/C17H28N4O3S/c1-18-17(20-10-3-11-24-13-15-4-5-15)21-12-14-6-8-16(9-7-14)25(22,23)19-2/h6-9,15,19H,3-5,10-13H2,1-2H3,(H2,18,20,21). The first-order valence-corrected chi connectivity index (χ1v) is 10.1. The van der Waals surface area contributed by atoms with Gasteiger partial charge in [-0.2, -0.15) is 0 Å². The van der Waals surface area contributed by atoms with Crippen LogP contribution in [0.4, 0.5) is 0 Å². The van der Waals surface area contributed by atoms with Crippen molar-refractivity contribution in [2.75, 3.05) is 33.9 Å². The first-order valence-electron chi connectivity index (χ1n) is 8.60. The minimum atomic E-state index is -3.39. The number of rotatable bonds is 10. The molecular formula is C17H28N4O3S. The van der Waals surface area contributed by atoms with Gasteiger partial charge in [0.2, 0.25) is 10.0 Å². The van der Waals surface area contributed by atoms with Crippen LogP contribution in [-0.4, -0.2) is 48.2 Å².